The Morgan fingerprint density at radius 2 is 1.79 bits per heavy atom. The fourth-order valence-corrected chi connectivity index (χ4v) is 4.71. The number of halogens is 3. The third-order valence-corrected chi connectivity index (χ3v) is 6.82. The van der Waals surface area contributed by atoms with Gasteiger partial charge in [-0.05, 0) is 68.0 Å². The van der Waals surface area contributed by atoms with Crippen molar-refractivity contribution >= 4 is 52.0 Å². The van der Waals surface area contributed by atoms with Crippen LogP contribution in [0.5, 0.6) is 0 Å². The van der Waals surface area contributed by atoms with Crippen LogP contribution in [0.25, 0.3) is 0 Å². The van der Waals surface area contributed by atoms with Crippen LogP contribution >= 0.6 is 35.4 Å². The van der Waals surface area contributed by atoms with Gasteiger partial charge in [0.25, 0.3) is 5.91 Å². The average molecular weight is 449 g/mol. The van der Waals surface area contributed by atoms with E-state index in [2.05, 4.69) is 6.92 Å². The molecule has 2 aromatic carbocycles. The number of aliphatic imine (C=N–C) groups is 1. The molecule has 1 saturated carbocycles. The highest BCUT2D eigenvalue weighted by atomic mass is 35.5. The van der Waals surface area contributed by atoms with E-state index in [-0.39, 0.29) is 11.7 Å². The molecule has 1 spiro atoms. The Labute approximate surface area is 184 Å². The minimum absolute atomic E-state index is 0.261. The maximum Gasteiger partial charge on any atom is 0.260 e. The lowest BCUT2D eigenvalue weighted by molar-refractivity contribution is 0.0613. The molecule has 150 valence electrons. The van der Waals surface area contributed by atoms with Gasteiger partial charge in [0.2, 0.25) is 0 Å². The molecule has 0 radical (unpaired) electrons. The molecule has 3 nitrogen and oxygen atoms in total. The molecule has 1 heterocycles. The van der Waals surface area contributed by atoms with Crippen molar-refractivity contribution in [3.05, 3.63) is 69.5 Å². The summed E-state index contributed by atoms with van der Waals surface area (Å²) in [6, 6.07) is 10.8. The number of nitrogens with zero attached hydrogens (tertiary/aromatic N) is 2. The summed E-state index contributed by atoms with van der Waals surface area (Å²) in [7, 11) is 0. The molecule has 0 N–H and O–H groups in total. The molecule has 0 aromatic heterocycles. The van der Waals surface area contributed by atoms with Crippen molar-refractivity contribution in [3.8, 4) is 0 Å². The van der Waals surface area contributed by atoms with Crippen molar-refractivity contribution < 1.29 is 9.18 Å². The van der Waals surface area contributed by atoms with Gasteiger partial charge in [-0.2, -0.15) is 0 Å². The van der Waals surface area contributed by atoms with Gasteiger partial charge in [0, 0.05) is 11.1 Å². The maximum absolute atomic E-state index is 13.4. The molecule has 29 heavy (non-hydrogen) atoms. The number of amides is 1. The Morgan fingerprint density at radius 3 is 2.41 bits per heavy atom. The van der Waals surface area contributed by atoms with Gasteiger partial charge in [0.15, 0.2) is 0 Å². The fourth-order valence-electron chi connectivity index (χ4n) is 3.99. The molecule has 1 aliphatic carbocycles. The highest BCUT2D eigenvalue weighted by Gasteiger charge is 2.49. The molecule has 2 aromatic rings. The molecular formula is C22H19Cl2FN2OS. The molecule has 7 heteroatoms. The largest absolute Gasteiger partial charge is 0.271 e. The lowest BCUT2D eigenvalue weighted by Gasteiger charge is -2.40. The Bertz CT molecular complexity index is 1010. The SMILES string of the molecule is CC1CCC2(CC1)N=C(c1ccc(Cl)c(Cl)c1)C(=S)N2C(=O)c1ccc(F)cc1. The van der Waals surface area contributed by atoms with Crippen LogP contribution in [0.15, 0.2) is 47.5 Å². The molecule has 0 atom stereocenters. The predicted molar refractivity (Wildman–Crippen MR) is 119 cm³/mol. The first kappa shape index (κ1) is 20.5. The second-order valence-corrected chi connectivity index (χ2v) is 8.91. The zero-order valence-corrected chi connectivity index (χ0v) is 18.1. The minimum Gasteiger partial charge on any atom is -0.271 e. The van der Waals surface area contributed by atoms with Crippen LogP contribution in [0.2, 0.25) is 10.0 Å². The van der Waals surface area contributed by atoms with E-state index in [9.17, 15) is 9.18 Å². The monoisotopic (exact) mass is 448 g/mol. The second kappa shape index (κ2) is 7.78. The molecular weight excluding hydrogens is 430 g/mol. The van der Waals surface area contributed by atoms with Gasteiger partial charge in [-0.25, -0.2) is 4.39 Å². The molecule has 1 fully saturated rings. The summed E-state index contributed by atoms with van der Waals surface area (Å²) in [5, 5.41) is 0.852. The number of hydrogen-bond donors (Lipinski definition) is 0. The summed E-state index contributed by atoms with van der Waals surface area (Å²) < 4.78 is 13.4. The van der Waals surface area contributed by atoms with E-state index in [4.69, 9.17) is 40.4 Å². The summed E-state index contributed by atoms with van der Waals surface area (Å²) in [6.45, 7) is 2.20. The molecule has 4 rings (SSSR count). The van der Waals surface area contributed by atoms with Gasteiger partial charge in [0.1, 0.15) is 22.2 Å². The number of carbonyl (C=O) groups is 1. The highest BCUT2D eigenvalue weighted by molar-refractivity contribution is 7.82. The van der Waals surface area contributed by atoms with Crippen LogP contribution in [0.1, 0.15) is 48.5 Å². The van der Waals surface area contributed by atoms with Gasteiger partial charge in [-0.15, -0.1) is 0 Å². The van der Waals surface area contributed by atoms with Crippen LogP contribution in [0.4, 0.5) is 4.39 Å². The zero-order chi connectivity index (χ0) is 20.8. The Morgan fingerprint density at radius 1 is 1.14 bits per heavy atom. The highest BCUT2D eigenvalue weighted by Crippen LogP contribution is 2.43. The van der Waals surface area contributed by atoms with Crippen molar-refractivity contribution in [2.24, 2.45) is 10.9 Å². The van der Waals surface area contributed by atoms with Gasteiger partial charge in [0.05, 0.1) is 10.0 Å². The van der Waals surface area contributed by atoms with Crippen molar-refractivity contribution in [3.63, 3.8) is 0 Å². The van der Waals surface area contributed by atoms with Crippen LogP contribution < -0.4 is 0 Å². The third kappa shape index (κ3) is 3.72. The average Bonchev–Trinajstić information content (AvgIpc) is 2.98. The zero-order valence-electron chi connectivity index (χ0n) is 15.8. The van der Waals surface area contributed by atoms with Crippen molar-refractivity contribution in [2.75, 3.05) is 0 Å². The van der Waals surface area contributed by atoms with E-state index in [1.807, 2.05) is 6.07 Å². The lowest BCUT2D eigenvalue weighted by atomic mass is 9.82. The van der Waals surface area contributed by atoms with E-state index in [0.717, 1.165) is 31.2 Å². The summed E-state index contributed by atoms with van der Waals surface area (Å²) in [4.78, 5) is 20.4. The van der Waals surface area contributed by atoms with Gasteiger partial charge in [-0.1, -0.05) is 48.4 Å². The molecule has 0 bridgehead atoms. The molecule has 2 aliphatic rings. The first-order valence-corrected chi connectivity index (χ1v) is 10.7. The third-order valence-electron chi connectivity index (χ3n) is 5.70. The number of thiocarbonyl (C=S) groups is 1. The van der Waals surface area contributed by atoms with E-state index < -0.39 is 5.66 Å². The molecule has 0 saturated heterocycles. The van der Waals surface area contributed by atoms with Crippen molar-refractivity contribution in [2.45, 2.75) is 38.3 Å². The summed E-state index contributed by atoms with van der Waals surface area (Å²) in [5.41, 5.74) is 0.981. The normalized spacial score (nSPS) is 24.1. The molecule has 1 amide bonds. The fraction of sp³-hybridized carbons (Fsp3) is 0.318. The Balaban J connectivity index is 1.77. The van der Waals surface area contributed by atoms with E-state index in [1.54, 1.807) is 17.0 Å². The predicted octanol–water partition coefficient (Wildman–Crippen LogP) is 6.31. The topological polar surface area (TPSA) is 32.7 Å². The summed E-state index contributed by atoms with van der Waals surface area (Å²) in [5.74, 6) is -0.0796. The number of rotatable bonds is 2. The quantitative estimate of drug-likeness (QED) is 0.504. The number of hydrogen-bond acceptors (Lipinski definition) is 3. The standard InChI is InChI=1S/C22H19Cl2FN2OS/c1-13-8-10-22(11-9-13)26-19(15-4-7-17(23)18(24)12-15)21(29)27(22)20(28)14-2-5-16(25)6-3-14/h2-7,12-13H,8-11H2,1H3. The second-order valence-electron chi connectivity index (χ2n) is 7.71. The Kier molecular flexibility index (Phi) is 5.49. The number of carbonyl (C=O) groups excluding carboxylic acids is 1. The van der Waals surface area contributed by atoms with Crippen LogP contribution in [-0.2, 0) is 0 Å². The number of benzene rings is 2. The molecule has 0 unspecified atom stereocenters. The first-order valence-electron chi connectivity index (χ1n) is 9.50. The van der Waals surface area contributed by atoms with Crippen LogP contribution in [-0.4, -0.2) is 27.2 Å². The minimum atomic E-state index is -0.712. The smallest absolute Gasteiger partial charge is 0.260 e. The van der Waals surface area contributed by atoms with Gasteiger partial charge < -0.3 is 0 Å². The van der Waals surface area contributed by atoms with E-state index in [1.165, 1.54) is 24.3 Å². The summed E-state index contributed by atoms with van der Waals surface area (Å²) in [6.07, 6.45) is 3.36. The van der Waals surface area contributed by atoms with Crippen molar-refractivity contribution in [1.29, 1.82) is 0 Å². The van der Waals surface area contributed by atoms with Gasteiger partial charge in [-0.3, -0.25) is 14.7 Å². The maximum atomic E-state index is 13.4. The van der Waals surface area contributed by atoms with E-state index in [0.29, 0.717) is 32.2 Å². The lowest BCUT2D eigenvalue weighted by Crippen LogP contribution is -2.51. The van der Waals surface area contributed by atoms with Crippen molar-refractivity contribution in [1.82, 2.24) is 4.90 Å². The van der Waals surface area contributed by atoms with Crippen LogP contribution in [0, 0.1) is 11.7 Å². The Hall–Kier alpha value is -1.82. The van der Waals surface area contributed by atoms with E-state index >= 15 is 0 Å². The van der Waals surface area contributed by atoms with Crippen LogP contribution in [0.3, 0.4) is 0 Å². The van der Waals surface area contributed by atoms with Gasteiger partial charge >= 0.3 is 0 Å². The molecule has 1 aliphatic heterocycles. The first-order chi connectivity index (χ1) is 13.8. The summed E-state index contributed by atoms with van der Waals surface area (Å²) >= 11 is 18.0.